The number of halogens is 2. The van der Waals surface area contributed by atoms with Crippen LogP contribution in [0.2, 0.25) is 5.02 Å². The monoisotopic (exact) mass is 459 g/mol. The average Bonchev–Trinajstić information content (AvgIpc) is 2.56. The molecule has 3 amide bonds. The largest absolute Gasteiger partial charge is 0.444 e. The van der Waals surface area contributed by atoms with E-state index in [9.17, 15) is 9.59 Å². The fourth-order valence-corrected chi connectivity index (χ4v) is 3.71. The van der Waals surface area contributed by atoms with Crippen molar-refractivity contribution in [2.24, 2.45) is 5.92 Å². The maximum Gasteiger partial charge on any atom is 0.410 e. The first kappa shape index (κ1) is 21.8. The lowest BCUT2D eigenvalue weighted by molar-refractivity contribution is 0.0253. The zero-order valence-corrected chi connectivity index (χ0v) is 18.6. The molecule has 1 unspecified atom stereocenters. The third-order valence-electron chi connectivity index (χ3n) is 4.22. The molecule has 150 valence electrons. The number of piperidine rings is 1. The highest BCUT2D eigenvalue weighted by molar-refractivity contribution is 9.10. The van der Waals surface area contributed by atoms with Gasteiger partial charge < -0.3 is 19.9 Å². The Kier molecular flexibility index (Phi) is 7.40. The number of urea groups is 1. The molecule has 6 nitrogen and oxygen atoms in total. The Hall–Kier alpha value is -1.47. The molecule has 0 bridgehead atoms. The van der Waals surface area contributed by atoms with Gasteiger partial charge in [0.05, 0.1) is 10.7 Å². The summed E-state index contributed by atoms with van der Waals surface area (Å²) in [5, 5.41) is 3.35. The fourth-order valence-electron chi connectivity index (χ4n) is 2.99. The summed E-state index contributed by atoms with van der Waals surface area (Å²) in [4.78, 5) is 28.1. The lowest BCUT2D eigenvalue weighted by Gasteiger charge is -2.35. The number of ether oxygens (including phenoxy) is 1. The second kappa shape index (κ2) is 9.15. The summed E-state index contributed by atoms with van der Waals surface area (Å²) in [6, 6.07) is 5.16. The van der Waals surface area contributed by atoms with Gasteiger partial charge in [0, 0.05) is 31.2 Å². The predicted molar refractivity (Wildman–Crippen MR) is 111 cm³/mol. The molecule has 1 aromatic carbocycles. The molecule has 0 spiro atoms. The molecule has 0 aliphatic carbocycles. The van der Waals surface area contributed by atoms with E-state index in [1.807, 2.05) is 26.8 Å². The van der Waals surface area contributed by atoms with Crippen molar-refractivity contribution in [3.63, 3.8) is 0 Å². The van der Waals surface area contributed by atoms with Crippen LogP contribution in [0.5, 0.6) is 0 Å². The summed E-state index contributed by atoms with van der Waals surface area (Å²) in [7, 11) is 1.73. The van der Waals surface area contributed by atoms with E-state index in [0.29, 0.717) is 30.3 Å². The molecule has 1 N–H and O–H groups in total. The van der Waals surface area contributed by atoms with Gasteiger partial charge in [-0.2, -0.15) is 0 Å². The number of benzene rings is 1. The van der Waals surface area contributed by atoms with Crippen LogP contribution in [0, 0.1) is 5.92 Å². The average molecular weight is 461 g/mol. The molecular formula is C19H27BrClN3O3. The lowest BCUT2D eigenvalue weighted by Crippen LogP contribution is -2.46. The van der Waals surface area contributed by atoms with E-state index in [0.717, 1.165) is 17.3 Å². The van der Waals surface area contributed by atoms with E-state index in [1.165, 1.54) is 0 Å². The molecule has 0 saturated carbocycles. The van der Waals surface area contributed by atoms with Crippen LogP contribution in [0.15, 0.2) is 22.7 Å². The zero-order valence-electron chi connectivity index (χ0n) is 16.2. The maximum atomic E-state index is 12.6. The van der Waals surface area contributed by atoms with Gasteiger partial charge in [0.15, 0.2) is 0 Å². The lowest BCUT2D eigenvalue weighted by atomic mass is 9.98. The van der Waals surface area contributed by atoms with Crippen LogP contribution in [0.1, 0.15) is 33.6 Å². The number of likely N-dealkylation sites (tertiary alicyclic amines) is 1. The van der Waals surface area contributed by atoms with Crippen molar-refractivity contribution in [1.29, 1.82) is 0 Å². The van der Waals surface area contributed by atoms with E-state index >= 15 is 0 Å². The van der Waals surface area contributed by atoms with E-state index in [2.05, 4.69) is 21.2 Å². The standard InChI is InChI=1S/C19H27BrClN3O3/c1-19(2,3)27-18(26)23(4)11-13-6-5-9-24(12-13)17(25)22-16-8-7-14(20)10-15(16)21/h7-8,10,13H,5-6,9,11-12H2,1-4H3,(H,22,25). The van der Waals surface area contributed by atoms with Gasteiger partial charge in [-0.15, -0.1) is 0 Å². The quantitative estimate of drug-likeness (QED) is 0.673. The Morgan fingerprint density at radius 1 is 1.41 bits per heavy atom. The summed E-state index contributed by atoms with van der Waals surface area (Å²) >= 11 is 9.53. The molecule has 2 rings (SSSR count). The molecular weight excluding hydrogens is 434 g/mol. The number of rotatable bonds is 3. The SMILES string of the molecule is CN(CC1CCCN(C(=O)Nc2ccc(Br)cc2Cl)C1)C(=O)OC(C)(C)C. The number of hydrogen-bond donors (Lipinski definition) is 1. The van der Waals surface area contributed by atoms with Crippen LogP contribution in [-0.2, 0) is 4.74 Å². The second-order valence-corrected chi connectivity index (χ2v) is 9.19. The number of anilines is 1. The van der Waals surface area contributed by atoms with E-state index in [4.69, 9.17) is 16.3 Å². The number of nitrogens with one attached hydrogen (secondary N) is 1. The molecule has 1 aromatic rings. The van der Waals surface area contributed by atoms with Crippen molar-refractivity contribution >= 4 is 45.3 Å². The highest BCUT2D eigenvalue weighted by atomic mass is 79.9. The topological polar surface area (TPSA) is 61.9 Å². The summed E-state index contributed by atoms with van der Waals surface area (Å²) in [5.74, 6) is 0.211. The smallest absolute Gasteiger partial charge is 0.410 e. The number of hydrogen-bond acceptors (Lipinski definition) is 3. The first-order valence-electron chi connectivity index (χ1n) is 9.00. The van der Waals surface area contributed by atoms with Gasteiger partial charge in [-0.05, 0) is 57.7 Å². The van der Waals surface area contributed by atoms with Gasteiger partial charge in [0.2, 0.25) is 0 Å². The summed E-state index contributed by atoms with van der Waals surface area (Å²) in [6.45, 7) is 7.37. The van der Waals surface area contributed by atoms with Crippen LogP contribution in [0.4, 0.5) is 15.3 Å². The fraction of sp³-hybridized carbons (Fsp3) is 0.579. The van der Waals surface area contributed by atoms with Crippen molar-refractivity contribution in [3.05, 3.63) is 27.7 Å². The summed E-state index contributed by atoms with van der Waals surface area (Å²) in [6.07, 6.45) is 1.52. The van der Waals surface area contributed by atoms with Crippen LogP contribution in [-0.4, -0.2) is 54.2 Å². The van der Waals surface area contributed by atoms with Crippen LogP contribution in [0.3, 0.4) is 0 Å². The highest BCUT2D eigenvalue weighted by Gasteiger charge is 2.27. The molecule has 1 aliphatic heterocycles. The summed E-state index contributed by atoms with van der Waals surface area (Å²) in [5.41, 5.74) is 0.0613. The van der Waals surface area contributed by atoms with Gasteiger partial charge in [0.1, 0.15) is 5.60 Å². The molecule has 1 aliphatic rings. The van der Waals surface area contributed by atoms with Crippen molar-refractivity contribution in [1.82, 2.24) is 9.80 Å². The zero-order chi connectivity index (χ0) is 20.2. The minimum Gasteiger partial charge on any atom is -0.444 e. The van der Waals surface area contributed by atoms with Crippen molar-refractivity contribution in [2.45, 2.75) is 39.2 Å². The Morgan fingerprint density at radius 3 is 2.74 bits per heavy atom. The maximum absolute atomic E-state index is 12.6. The Morgan fingerprint density at radius 2 is 2.11 bits per heavy atom. The Balaban J connectivity index is 1.91. The van der Waals surface area contributed by atoms with E-state index < -0.39 is 5.60 Å². The minimum atomic E-state index is -0.520. The Labute approximate surface area is 174 Å². The second-order valence-electron chi connectivity index (χ2n) is 7.87. The molecule has 1 heterocycles. The third-order valence-corrected chi connectivity index (χ3v) is 5.02. The minimum absolute atomic E-state index is 0.177. The molecule has 1 saturated heterocycles. The first-order chi connectivity index (χ1) is 12.5. The number of amides is 3. The van der Waals surface area contributed by atoms with Gasteiger partial charge in [-0.1, -0.05) is 27.5 Å². The van der Waals surface area contributed by atoms with Gasteiger partial charge in [-0.3, -0.25) is 0 Å². The molecule has 27 heavy (non-hydrogen) atoms. The van der Waals surface area contributed by atoms with E-state index in [-0.39, 0.29) is 18.0 Å². The van der Waals surface area contributed by atoms with Gasteiger partial charge >= 0.3 is 12.1 Å². The number of carbonyl (C=O) groups excluding carboxylic acids is 2. The molecule has 0 radical (unpaired) electrons. The normalized spacial score (nSPS) is 17.4. The van der Waals surface area contributed by atoms with Crippen LogP contribution < -0.4 is 5.32 Å². The van der Waals surface area contributed by atoms with Crippen LogP contribution in [0.25, 0.3) is 0 Å². The molecule has 1 fully saturated rings. The molecule has 0 aromatic heterocycles. The number of carbonyl (C=O) groups is 2. The van der Waals surface area contributed by atoms with Gasteiger partial charge in [-0.25, -0.2) is 9.59 Å². The first-order valence-corrected chi connectivity index (χ1v) is 10.2. The third kappa shape index (κ3) is 6.88. The molecule has 1 atom stereocenters. The van der Waals surface area contributed by atoms with Crippen molar-refractivity contribution in [3.8, 4) is 0 Å². The Bertz CT molecular complexity index is 693. The van der Waals surface area contributed by atoms with Gasteiger partial charge in [0.25, 0.3) is 0 Å². The van der Waals surface area contributed by atoms with Crippen LogP contribution >= 0.6 is 27.5 Å². The van der Waals surface area contributed by atoms with E-state index in [1.54, 1.807) is 29.0 Å². The van der Waals surface area contributed by atoms with Crippen molar-refractivity contribution < 1.29 is 14.3 Å². The predicted octanol–water partition coefficient (Wildman–Crippen LogP) is 5.21. The van der Waals surface area contributed by atoms with Crippen molar-refractivity contribution in [2.75, 3.05) is 32.0 Å². The highest BCUT2D eigenvalue weighted by Crippen LogP contribution is 2.26. The molecule has 8 heteroatoms. The summed E-state index contributed by atoms with van der Waals surface area (Å²) < 4.78 is 6.25. The number of nitrogens with zero attached hydrogens (tertiary/aromatic N) is 2.